The summed E-state index contributed by atoms with van der Waals surface area (Å²) in [6.45, 7) is 0. The van der Waals surface area contributed by atoms with Crippen molar-refractivity contribution >= 4 is 33.0 Å². The van der Waals surface area contributed by atoms with Gasteiger partial charge in [-0.3, -0.25) is 4.98 Å². The Bertz CT molecular complexity index is 471. The number of benzene rings is 1. The lowest BCUT2D eigenvalue weighted by Gasteiger charge is -2.08. The Balaban J connectivity index is 2.26. The summed E-state index contributed by atoms with van der Waals surface area (Å²) < 4.78 is 1.02. The van der Waals surface area contributed by atoms with Crippen LogP contribution in [0.5, 0.6) is 0 Å². The summed E-state index contributed by atoms with van der Waals surface area (Å²) in [5, 5.41) is 3.20. The Kier molecular flexibility index (Phi) is 2.87. The van der Waals surface area contributed by atoms with Gasteiger partial charge in [-0.05, 0) is 24.3 Å². The van der Waals surface area contributed by atoms with Crippen molar-refractivity contribution in [3.8, 4) is 0 Å². The monoisotopic (exact) mass is 263 g/mol. The van der Waals surface area contributed by atoms with Gasteiger partial charge in [-0.15, -0.1) is 0 Å². The lowest BCUT2D eigenvalue weighted by molar-refractivity contribution is 1.32. The van der Waals surface area contributed by atoms with Crippen LogP contribution in [0.2, 0.25) is 0 Å². The van der Waals surface area contributed by atoms with E-state index in [1.807, 2.05) is 24.3 Å². The van der Waals surface area contributed by atoms with E-state index in [9.17, 15) is 0 Å². The summed E-state index contributed by atoms with van der Waals surface area (Å²) in [4.78, 5) is 4.01. The predicted octanol–water partition coefficient (Wildman–Crippen LogP) is 3.17. The van der Waals surface area contributed by atoms with Crippen molar-refractivity contribution in [1.82, 2.24) is 4.98 Å². The third kappa shape index (κ3) is 2.47. The van der Waals surface area contributed by atoms with Gasteiger partial charge < -0.3 is 11.1 Å². The molecule has 76 valence electrons. The van der Waals surface area contributed by atoms with Crippen molar-refractivity contribution in [3.63, 3.8) is 0 Å². The van der Waals surface area contributed by atoms with Crippen LogP contribution in [-0.4, -0.2) is 4.98 Å². The first kappa shape index (κ1) is 9.98. The fraction of sp³-hybridized carbons (Fsp3) is 0. The molecule has 0 saturated heterocycles. The fourth-order valence-corrected chi connectivity index (χ4v) is 1.63. The molecule has 1 aromatic carbocycles. The van der Waals surface area contributed by atoms with Gasteiger partial charge in [0, 0.05) is 16.4 Å². The van der Waals surface area contributed by atoms with Crippen molar-refractivity contribution < 1.29 is 0 Å². The molecule has 1 aromatic heterocycles. The highest BCUT2D eigenvalue weighted by Gasteiger charge is 1.98. The molecule has 0 aliphatic rings. The highest BCUT2D eigenvalue weighted by atomic mass is 79.9. The van der Waals surface area contributed by atoms with E-state index in [0.29, 0.717) is 5.69 Å². The molecule has 2 rings (SSSR count). The lowest BCUT2D eigenvalue weighted by Crippen LogP contribution is -1.96. The van der Waals surface area contributed by atoms with Crippen LogP contribution in [0.3, 0.4) is 0 Å². The second-order valence-electron chi connectivity index (χ2n) is 3.10. The van der Waals surface area contributed by atoms with Crippen molar-refractivity contribution in [3.05, 3.63) is 47.2 Å². The number of nitrogens with one attached hydrogen (secondary N) is 1. The molecular weight excluding hydrogens is 254 g/mol. The lowest BCUT2D eigenvalue weighted by atomic mass is 10.3. The van der Waals surface area contributed by atoms with Gasteiger partial charge in [-0.2, -0.15) is 0 Å². The molecule has 2 aromatic rings. The average molecular weight is 264 g/mol. The number of nitrogen functional groups attached to an aromatic ring is 1. The van der Waals surface area contributed by atoms with E-state index in [4.69, 9.17) is 5.73 Å². The van der Waals surface area contributed by atoms with Gasteiger partial charge >= 0.3 is 0 Å². The highest BCUT2D eigenvalue weighted by molar-refractivity contribution is 9.10. The van der Waals surface area contributed by atoms with Gasteiger partial charge in [0.1, 0.15) is 0 Å². The summed E-state index contributed by atoms with van der Waals surface area (Å²) >= 11 is 3.41. The zero-order valence-electron chi connectivity index (χ0n) is 7.94. The number of hydrogen-bond acceptors (Lipinski definition) is 3. The van der Waals surface area contributed by atoms with Crippen LogP contribution in [0.15, 0.2) is 47.2 Å². The first-order chi connectivity index (χ1) is 7.25. The molecule has 4 heteroatoms. The van der Waals surface area contributed by atoms with Crippen LogP contribution >= 0.6 is 15.9 Å². The maximum atomic E-state index is 5.79. The Hall–Kier alpha value is -1.55. The molecule has 0 aliphatic carbocycles. The molecule has 1 heterocycles. The van der Waals surface area contributed by atoms with Gasteiger partial charge in [0.25, 0.3) is 0 Å². The number of halogens is 1. The third-order valence-corrected chi connectivity index (χ3v) is 2.45. The Labute approximate surface area is 96.5 Å². The van der Waals surface area contributed by atoms with E-state index >= 15 is 0 Å². The second-order valence-corrected chi connectivity index (χ2v) is 4.01. The van der Waals surface area contributed by atoms with Gasteiger partial charge in [0.15, 0.2) is 0 Å². The van der Waals surface area contributed by atoms with E-state index in [-0.39, 0.29) is 0 Å². The summed E-state index contributed by atoms with van der Waals surface area (Å²) in [5.74, 6) is 0. The van der Waals surface area contributed by atoms with E-state index in [0.717, 1.165) is 15.8 Å². The topological polar surface area (TPSA) is 50.9 Å². The van der Waals surface area contributed by atoms with Crippen LogP contribution in [0.4, 0.5) is 17.1 Å². The predicted molar refractivity (Wildman–Crippen MR) is 66.1 cm³/mol. The van der Waals surface area contributed by atoms with Crippen molar-refractivity contribution in [2.45, 2.75) is 0 Å². The number of hydrogen-bond donors (Lipinski definition) is 2. The largest absolute Gasteiger partial charge is 0.397 e. The Morgan fingerprint density at radius 3 is 2.87 bits per heavy atom. The van der Waals surface area contributed by atoms with Gasteiger partial charge in [-0.1, -0.05) is 22.0 Å². The van der Waals surface area contributed by atoms with Crippen LogP contribution in [0, 0.1) is 0 Å². The molecule has 0 amide bonds. The van der Waals surface area contributed by atoms with Gasteiger partial charge in [0.2, 0.25) is 0 Å². The summed E-state index contributed by atoms with van der Waals surface area (Å²) in [6, 6.07) is 9.64. The normalized spacial score (nSPS) is 9.93. The molecule has 3 nitrogen and oxygen atoms in total. The molecule has 0 aliphatic heterocycles. The number of aromatic nitrogens is 1. The van der Waals surface area contributed by atoms with Gasteiger partial charge in [0.05, 0.1) is 17.6 Å². The van der Waals surface area contributed by atoms with E-state index in [1.54, 1.807) is 18.5 Å². The van der Waals surface area contributed by atoms with Crippen molar-refractivity contribution in [2.75, 3.05) is 11.1 Å². The van der Waals surface area contributed by atoms with Crippen molar-refractivity contribution in [2.24, 2.45) is 0 Å². The van der Waals surface area contributed by atoms with E-state index in [1.165, 1.54) is 0 Å². The standard InChI is InChI=1S/C11H10BrN3/c12-8-2-1-3-9(6-8)15-11-7-14-5-4-10(11)13/h1-7,15H,(H2,13,14). The minimum Gasteiger partial charge on any atom is -0.397 e. The van der Waals surface area contributed by atoms with Crippen molar-refractivity contribution in [1.29, 1.82) is 0 Å². The molecule has 15 heavy (non-hydrogen) atoms. The van der Waals surface area contributed by atoms with Crippen LogP contribution in [0.1, 0.15) is 0 Å². The van der Waals surface area contributed by atoms with Crippen LogP contribution in [-0.2, 0) is 0 Å². The molecule has 0 radical (unpaired) electrons. The molecule has 0 bridgehead atoms. The van der Waals surface area contributed by atoms with Gasteiger partial charge in [-0.25, -0.2) is 0 Å². The maximum Gasteiger partial charge on any atom is 0.0804 e. The van der Waals surface area contributed by atoms with E-state index in [2.05, 4.69) is 26.2 Å². The minimum absolute atomic E-state index is 0.685. The first-order valence-corrected chi connectivity index (χ1v) is 5.27. The Morgan fingerprint density at radius 1 is 1.27 bits per heavy atom. The smallest absolute Gasteiger partial charge is 0.0804 e. The molecule has 0 unspecified atom stereocenters. The summed E-state index contributed by atoms with van der Waals surface area (Å²) in [5.41, 5.74) is 8.27. The Morgan fingerprint density at radius 2 is 2.13 bits per heavy atom. The quantitative estimate of drug-likeness (QED) is 0.875. The zero-order chi connectivity index (χ0) is 10.7. The summed E-state index contributed by atoms with van der Waals surface area (Å²) in [7, 11) is 0. The molecular formula is C11H10BrN3. The fourth-order valence-electron chi connectivity index (χ4n) is 1.23. The van der Waals surface area contributed by atoms with Crippen LogP contribution < -0.4 is 11.1 Å². The third-order valence-electron chi connectivity index (χ3n) is 1.96. The molecule has 3 N–H and O–H groups in total. The number of pyridine rings is 1. The number of nitrogens with zero attached hydrogens (tertiary/aromatic N) is 1. The number of anilines is 3. The highest BCUT2D eigenvalue weighted by Crippen LogP contribution is 2.23. The minimum atomic E-state index is 0.685. The molecule has 0 atom stereocenters. The SMILES string of the molecule is Nc1ccncc1Nc1cccc(Br)c1. The molecule has 0 saturated carbocycles. The zero-order valence-corrected chi connectivity index (χ0v) is 9.53. The molecule has 0 spiro atoms. The number of rotatable bonds is 2. The summed E-state index contributed by atoms with van der Waals surface area (Å²) in [6.07, 6.45) is 3.37. The number of nitrogens with two attached hydrogens (primary N) is 1. The molecule has 0 fully saturated rings. The van der Waals surface area contributed by atoms with Crippen LogP contribution in [0.25, 0.3) is 0 Å². The average Bonchev–Trinajstić information content (AvgIpc) is 2.22. The second kappa shape index (κ2) is 4.31. The first-order valence-electron chi connectivity index (χ1n) is 4.48. The van der Waals surface area contributed by atoms with E-state index < -0.39 is 0 Å². The maximum absolute atomic E-state index is 5.79.